The highest BCUT2D eigenvalue weighted by Gasteiger charge is 2.20. The molecule has 100 valence electrons. The second-order valence-corrected chi connectivity index (χ2v) is 3.57. The van der Waals surface area contributed by atoms with Crippen LogP contribution in [0, 0.1) is 11.6 Å². The van der Waals surface area contributed by atoms with Crippen LogP contribution in [0.1, 0.15) is 23.7 Å². The van der Waals surface area contributed by atoms with Gasteiger partial charge in [-0.3, -0.25) is 0 Å². The van der Waals surface area contributed by atoms with Crippen LogP contribution in [0.3, 0.4) is 0 Å². The zero-order valence-electron chi connectivity index (χ0n) is 10.0. The normalized spacial score (nSPS) is 10.4. The molecule has 0 fully saturated rings. The van der Waals surface area contributed by atoms with Gasteiger partial charge in [0.15, 0.2) is 5.82 Å². The standard InChI is InChI=1S/C12H15F2NO3/c1-2-5-17-6-7-18-12(16)10-8(13)3-4-9(15)11(10)14/h3-4H,2,5-7,15H2,1H3. The molecule has 0 atom stereocenters. The lowest BCUT2D eigenvalue weighted by atomic mass is 10.2. The van der Waals surface area contributed by atoms with Crippen molar-refractivity contribution >= 4 is 11.7 Å². The highest BCUT2D eigenvalue weighted by atomic mass is 19.1. The number of hydrogen-bond acceptors (Lipinski definition) is 4. The minimum Gasteiger partial charge on any atom is -0.459 e. The molecule has 1 aromatic rings. The van der Waals surface area contributed by atoms with E-state index in [2.05, 4.69) is 0 Å². The maximum atomic E-state index is 13.4. The number of hydrogen-bond donors (Lipinski definition) is 1. The van der Waals surface area contributed by atoms with Crippen molar-refractivity contribution in [3.8, 4) is 0 Å². The van der Waals surface area contributed by atoms with Crippen LogP contribution >= 0.6 is 0 Å². The topological polar surface area (TPSA) is 61.5 Å². The SMILES string of the molecule is CCCOCCOC(=O)c1c(F)ccc(N)c1F. The highest BCUT2D eigenvalue weighted by molar-refractivity contribution is 5.91. The fourth-order valence-corrected chi connectivity index (χ4v) is 1.27. The maximum absolute atomic E-state index is 13.4. The largest absolute Gasteiger partial charge is 0.459 e. The Labute approximate surface area is 104 Å². The second kappa shape index (κ2) is 6.90. The molecule has 0 spiro atoms. The summed E-state index contributed by atoms with van der Waals surface area (Å²) in [5.41, 5.74) is 4.17. The first-order chi connectivity index (χ1) is 8.57. The van der Waals surface area contributed by atoms with E-state index in [1.807, 2.05) is 6.92 Å². The molecule has 1 aromatic carbocycles. The zero-order chi connectivity index (χ0) is 13.5. The quantitative estimate of drug-likeness (QED) is 0.483. The van der Waals surface area contributed by atoms with Gasteiger partial charge in [-0.1, -0.05) is 6.92 Å². The van der Waals surface area contributed by atoms with E-state index in [9.17, 15) is 13.6 Å². The molecule has 0 unspecified atom stereocenters. The van der Waals surface area contributed by atoms with Crippen LogP contribution in [0.25, 0.3) is 0 Å². The van der Waals surface area contributed by atoms with Gasteiger partial charge in [0.25, 0.3) is 0 Å². The molecule has 0 saturated heterocycles. The molecule has 0 aliphatic heterocycles. The number of carbonyl (C=O) groups is 1. The number of halogens is 2. The summed E-state index contributed by atoms with van der Waals surface area (Å²) in [6.45, 7) is 2.60. The van der Waals surface area contributed by atoms with Crippen molar-refractivity contribution in [2.75, 3.05) is 25.6 Å². The summed E-state index contributed by atoms with van der Waals surface area (Å²) in [7, 11) is 0. The Hall–Kier alpha value is -1.69. The average molecular weight is 259 g/mol. The Bertz CT molecular complexity index is 424. The van der Waals surface area contributed by atoms with Crippen LogP contribution < -0.4 is 5.73 Å². The smallest absolute Gasteiger partial charge is 0.344 e. The Kier molecular flexibility index (Phi) is 5.51. The minimum atomic E-state index is -1.10. The summed E-state index contributed by atoms with van der Waals surface area (Å²) in [4.78, 5) is 11.5. The van der Waals surface area contributed by atoms with Crippen LogP contribution in [-0.2, 0) is 9.47 Å². The summed E-state index contributed by atoms with van der Waals surface area (Å²) in [6, 6.07) is 1.97. The first kappa shape index (κ1) is 14.4. The molecule has 6 heteroatoms. The van der Waals surface area contributed by atoms with Gasteiger partial charge in [-0.05, 0) is 18.6 Å². The number of rotatable bonds is 6. The van der Waals surface area contributed by atoms with Crippen LogP contribution in [-0.4, -0.2) is 25.8 Å². The fourth-order valence-electron chi connectivity index (χ4n) is 1.27. The molecule has 18 heavy (non-hydrogen) atoms. The molecular formula is C12H15F2NO3. The van der Waals surface area contributed by atoms with E-state index in [1.54, 1.807) is 0 Å². The summed E-state index contributed by atoms with van der Waals surface area (Å²) in [6.07, 6.45) is 0.840. The van der Waals surface area contributed by atoms with Crippen LogP contribution in [0.5, 0.6) is 0 Å². The predicted molar refractivity (Wildman–Crippen MR) is 62.2 cm³/mol. The molecule has 1 rings (SSSR count). The van der Waals surface area contributed by atoms with Gasteiger partial charge in [0, 0.05) is 6.61 Å². The van der Waals surface area contributed by atoms with Crippen molar-refractivity contribution in [2.24, 2.45) is 0 Å². The van der Waals surface area contributed by atoms with Crippen molar-refractivity contribution in [2.45, 2.75) is 13.3 Å². The lowest BCUT2D eigenvalue weighted by Gasteiger charge is -2.08. The Morgan fingerprint density at radius 3 is 2.67 bits per heavy atom. The van der Waals surface area contributed by atoms with E-state index in [-0.39, 0.29) is 18.9 Å². The fraction of sp³-hybridized carbons (Fsp3) is 0.417. The molecular weight excluding hydrogens is 244 g/mol. The number of ether oxygens (including phenoxy) is 2. The third kappa shape index (κ3) is 3.66. The van der Waals surface area contributed by atoms with Gasteiger partial charge in [-0.2, -0.15) is 0 Å². The van der Waals surface area contributed by atoms with Gasteiger partial charge < -0.3 is 15.2 Å². The third-order valence-electron chi connectivity index (χ3n) is 2.13. The number of benzene rings is 1. The van der Waals surface area contributed by atoms with Crippen molar-refractivity contribution in [1.82, 2.24) is 0 Å². The summed E-state index contributed by atoms with van der Waals surface area (Å²) in [5.74, 6) is -3.19. The highest BCUT2D eigenvalue weighted by Crippen LogP contribution is 2.19. The van der Waals surface area contributed by atoms with E-state index in [4.69, 9.17) is 15.2 Å². The second-order valence-electron chi connectivity index (χ2n) is 3.57. The maximum Gasteiger partial charge on any atom is 0.344 e. The van der Waals surface area contributed by atoms with Crippen molar-refractivity contribution in [3.63, 3.8) is 0 Å². The summed E-state index contributed by atoms with van der Waals surface area (Å²) in [5, 5.41) is 0. The van der Waals surface area contributed by atoms with Gasteiger partial charge in [0.2, 0.25) is 0 Å². The van der Waals surface area contributed by atoms with Crippen LogP contribution in [0.15, 0.2) is 12.1 Å². The molecule has 4 nitrogen and oxygen atoms in total. The lowest BCUT2D eigenvalue weighted by Crippen LogP contribution is -2.15. The monoisotopic (exact) mass is 259 g/mol. The van der Waals surface area contributed by atoms with Gasteiger partial charge >= 0.3 is 5.97 Å². The molecule has 0 saturated carbocycles. The number of esters is 1. The van der Waals surface area contributed by atoms with Gasteiger partial charge in [-0.25, -0.2) is 13.6 Å². The molecule has 0 heterocycles. The molecule has 0 radical (unpaired) electrons. The summed E-state index contributed by atoms with van der Waals surface area (Å²) < 4.78 is 36.5. The first-order valence-corrected chi connectivity index (χ1v) is 5.56. The van der Waals surface area contributed by atoms with E-state index in [0.29, 0.717) is 6.61 Å². The summed E-state index contributed by atoms with van der Waals surface area (Å²) >= 11 is 0. The van der Waals surface area contributed by atoms with Crippen LogP contribution in [0.4, 0.5) is 14.5 Å². The Morgan fingerprint density at radius 2 is 2.00 bits per heavy atom. The van der Waals surface area contributed by atoms with Gasteiger partial charge in [0.1, 0.15) is 18.0 Å². The third-order valence-corrected chi connectivity index (χ3v) is 2.13. The minimum absolute atomic E-state index is 0.0630. The van der Waals surface area contributed by atoms with E-state index < -0.39 is 23.2 Å². The molecule has 0 bridgehead atoms. The number of anilines is 1. The van der Waals surface area contributed by atoms with E-state index in [0.717, 1.165) is 18.6 Å². The molecule has 0 aliphatic rings. The molecule has 0 aliphatic carbocycles. The Morgan fingerprint density at radius 1 is 1.28 bits per heavy atom. The molecule has 0 aromatic heterocycles. The van der Waals surface area contributed by atoms with Crippen LogP contribution in [0.2, 0.25) is 0 Å². The average Bonchev–Trinajstić information content (AvgIpc) is 2.34. The van der Waals surface area contributed by atoms with E-state index >= 15 is 0 Å². The van der Waals surface area contributed by atoms with Crippen molar-refractivity contribution in [1.29, 1.82) is 0 Å². The van der Waals surface area contributed by atoms with Gasteiger partial charge in [-0.15, -0.1) is 0 Å². The predicted octanol–water partition coefficient (Wildman–Crippen LogP) is 2.13. The number of carbonyl (C=O) groups excluding carboxylic acids is 1. The van der Waals surface area contributed by atoms with E-state index in [1.165, 1.54) is 0 Å². The van der Waals surface area contributed by atoms with Crippen molar-refractivity contribution < 1.29 is 23.0 Å². The van der Waals surface area contributed by atoms with Gasteiger partial charge in [0.05, 0.1) is 12.3 Å². The molecule has 0 amide bonds. The number of nitrogens with two attached hydrogens (primary N) is 1. The zero-order valence-corrected chi connectivity index (χ0v) is 10.0. The first-order valence-electron chi connectivity index (χ1n) is 5.56. The lowest BCUT2D eigenvalue weighted by molar-refractivity contribution is 0.0309. The molecule has 2 N–H and O–H groups in total. The number of nitrogen functional groups attached to an aromatic ring is 1. The Balaban J connectivity index is 2.59. The van der Waals surface area contributed by atoms with Crippen molar-refractivity contribution in [3.05, 3.63) is 29.3 Å².